The van der Waals surface area contributed by atoms with Crippen molar-refractivity contribution in [2.45, 2.75) is 51.1 Å². The van der Waals surface area contributed by atoms with Crippen LogP contribution in [0.5, 0.6) is 0 Å². The lowest BCUT2D eigenvalue weighted by Gasteiger charge is -2.28. The van der Waals surface area contributed by atoms with E-state index in [-0.39, 0.29) is 30.2 Å². The first-order valence-corrected chi connectivity index (χ1v) is 8.98. The van der Waals surface area contributed by atoms with Crippen molar-refractivity contribution >= 4 is 23.5 Å². The van der Waals surface area contributed by atoms with Gasteiger partial charge in [0.1, 0.15) is 5.71 Å². The zero-order valence-corrected chi connectivity index (χ0v) is 14.6. The Bertz CT molecular complexity index is 709. The van der Waals surface area contributed by atoms with E-state index in [1.165, 1.54) is 5.01 Å². The molecule has 1 fully saturated rings. The maximum atomic E-state index is 12.5. The average Bonchev–Trinajstić information content (AvgIpc) is 2.65. The van der Waals surface area contributed by atoms with Crippen LogP contribution >= 0.6 is 0 Å². The summed E-state index contributed by atoms with van der Waals surface area (Å²) in [6.45, 7) is 0.347. The summed E-state index contributed by atoms with van der Waals surface area (Å²) in [7, 11) is 0. The first-order chi connectivity index (χ1) is 12.5. The van der Waals surface area contributed by atoms with E-state index in [4.69, 9.17) is 5.11 Å². The van der Waals surface area contributed by atoms with Gasteiger partial charge >= 0.3 is 5.97 Å². The van der Waals surface area contributed by atoms with E-state index in [0.29, 0.717) is 44.4 Å². The number of nitrogens with one attached hydrogen (secondary N) is 1. The molecular weight excluding hydrogens is 334 g/mol. The number of rotatable bonds is 5. The number of carboxylic acid groups (broad SMARTS) is 1. The molecule has 1 aromatic carbocycles. The normalized spacial score (nSPS) is 23.3. The molecule has 1 heterocycles. The van der Waals surface area contributed by atoms with E-state index in [2.05, 4.69) is 10.4 Å². The summed E-state index contributed by atoms with van der Waals surface area (Å²) < 4.78 is 0. The molecule has 1 saturated carbocycles. The number of hydrogen-bond acceptors (Lipinski definition) is 4. The smallest absolute Gasteiger partial charge is 0.306 e. The van der Waals surface area contributed by atoms with Crippen molar-refractivity contribution in [3.05, 3.63) is 35.9 Å². The highest BCUT2D eigenvalue weighted by Crippen LogP contribution is 2.24. The van der Waals surface area contributed by atoms with Crippen molar-refractivity contribution in [3.63, 3.8) is 0 Å². The molecule has 0 atom stereocenters. The van der Waals surface area contributed by atoms with Crippen molar-refractivity contribution in [2.75, 3.05) is 0 Å². The molecule has 7 heteroatoms. The summed E-state index contributed by atoms with van der Waals surface area (Å²) in [5.74, 6) is -1.42. The van der Waals surface area contributed by atoms with Crippen LogP contribution in [0.2, 0.25) is 0 Å². The zero-order chi connectivity index (χ0) is 18.5. The van der Waals surface area contributed by atoms with Crippen molar-refractivity contribution < 1.29 is 19.5 Å². The molecule has 26 heavy (non-hydrogen) atoms. The Morgan fingerprint density at radius 2 is 1.81 bits per heavy atom. The Morgan fingerprint density at radius 3 is 2.46 bits per heavy atom. The Hall–Kier alpha value is -2.70. The molecule has 0 bridgehead atoms. The average molecular weight is 357 g/mol. The largest absolute Gasteiger partial charge is 0.481 e. The number of amides is 2. The summed E-state index contributed by atoms with van der Waals surface area (Å²) in [6, 6.07) is 9.50. The highest BCUT2D eigenvalue weighted by Gasteiger charge is 2.29. The van der Waals surface area contributed by atoms with Crippen molar-refractivity contribution in [1.82, 2.24) is 10.3 Å². The second-order valence-electron chi connectivity index (χ2n) is 6.84. The maximum absolute atomic E-state index is 12.5. The predicted molar refractivity (Wildman–Crippen MR) is 95.2 cm³/mol. The topological polar surface area (TPSA) is 99.1 Å². The number of nitrogens with zero attached hydrogens (tertiary/aromatic N) is 2. The van der Waals surface area contributed by atoms with Gasteiger partial charge in [-0.15, -0.1) is 0 Å². The molecule has 1 aliphatic heterocycles. The maximum Gasteiger partial charge on any atom is 0.306 e. The minimum atomic E-state index is -0.763. The van der Waals surface area contributed by atoms with Crippen molar-refractivity contribution in [3.8, 4) is 0 Å². The molecule has 2 aliphatic rings. The van der Waals surface area contributed by atoms with Gasteiger partial charge in [0.25, 0.3) is 5.91 Å². The van der Waals surface area contributed by atoms with Gasteiger partial charge in [-0.25, -0.2) is 5.01 Å². The van der Waals surface area contributed by atoms with Crippen LogP contribution < -0.4 is 5.32 Å². The van der Waals surface area contributed by atoms with E-state index in [1.54, 1.807) is 0 Å². The van der Waals surface area contributed by atoms with Gasteiger partial charge in [0.2, 0.25) is 5.91 Å². The highest BCUT2D eigenvalue weighted by molar-refractivity contribution is 6.39. The third-order valence-electron chi connectivity index (χ3n) is 4.95. The number of carbonyl (C=O) groups is 3. The van der Waals surface area contributed by atoms with Gasteiger partial charge in [-0.1, -0.05) is 30.3 Å². The van der Waals surface area contributed by atoms with Crippen molar-refractivity contribution in [2.24, 2.45) is 11.0 Å². The summed E-state index contributed by atoms with van der Waals surface area (Å²) in [4.78, 5) is 35.6. The van der Waals surface area contributed by atoms with E-state index >= 15 is 0 Å². The third-order valence-corrected chi connectivity index (χ3v) is 4.95. The van der Waals surface area contributed by atoms with Crippen LogP contribution in [0.15, 0.2) is 35.4 Å². The van der Waals surface area contributed by atoms with Gasteiger partial charge in [-0.3, -0.25) is 14.4 Å². The Labute approximate surface area is 152 Å². The minimum Gasteiger partial charge on any atom is -0.481 e. The number of hydrazone groups is 1. The molecule has 0 spiro atoms. The summed E-state index contributed by atoms with van der Waals surface area (Å²) in [5.41, 5.74) is 1.32. The van der Waals surface area contributed by atoms with Crippen LogP contribution in [0.4, 0.5) is 0 Å². The lowest BCUT2D eigenvalue weighted by atomic mass is 9.86. The first-order valence-electron chi connectivity index (χ1n) is 8.98. The lowest BCUT2D eigenvalue weighted by molar-refractivity contribution is -0.142. The highest BCUT2D eigenvalue weighted by atomic mass is 16.4. The monoisotopic (exact) mass is 357 g/mol. The summed E-state index contributed by atoms with van der Waals surface area (Å²) in [5, 5.41) is 17.6. The fraction of sp³-hybridized carbons (Fsp3) is 0.474. The van der Waals surface area contributed by atoms with E-state index in [1.807, 2.05) is 30.3 Å². The number of carbonyl (C=O) groups excluding carboxylic acids is 2. The number of aliphatic carboxylic acids is 1. The lowest BCUT2D eigenvalue weighted by Crippen LogP contribution is -2.44. The summed E-state index contributed by atoms with van der Waals surface area (Å²) in [6.07, 6.45) is 3.06. The van der Waals surface area contributed by atoms with E-state index in [9.17, 15) is 14.4 Å². The van der Waals surface area contributed by atoms with Crippen LogP contribution in [0.25, 0.3) is 0 Å². The Kier molecular flexibility index (Phi) is 5.65. The molecule has 2 N–H and O–H groups in total. The number of carboxylic acids is 1. The second-order valence-corrected chi connectivity index (χ2v) is 6.84. The molecule has 0 saturated heterocycles. The van der Waals surface area contributed by atoms with E-state index in [0.717, 1.165) is 5.56 Å². The van der Waals surface area contributed by atoms with Crippen LogP contribution in [0, 0.1) is 5.92 Å². The second kappa shape index (κ2) is 8.12. The molecule has 0 unspecified atom stereocenters. The van der Waals surface area contributed by atoms with Crippen LogP contribution in [0.1, 0.15) is 44.1 Å². The Balaban J connectivity index is 1.59. The number of benzene rings is 1. The van der Waals surface area contributed by atoms with Gasteiger partial charge in [0, 0.05) is 18.9 Å². The van der Waals surface area contributed by atoms with Gasteiger partial charge in [0.15, 0.2) is 0 Å². The third kappa shape index (κ3) is 4.47. The quantitative estimate of drug-likeness (QED) is 0.841. The Morgan fingerprint density at radius 1 is 1.12 bits per heavy atom. The molecule has 3 rings (SSSR count). The van der Waals surface area contributed by atoms with Crippen LogP contribution in [-0.4, -0.2) is 39.7 Å². The molecular formula is C19H23N3O4. The first kappa shape index (κ1) is 18.1. The fourth-order valence-electron chi connectivity index (χ4n) is 3.40. The van der Waals surface area contributed by atoms with Gasteiger partial charge in [-0.05, 0) is 31.2 Å². The van der Waals surface area contributed by atoms with Crippen LogP contribution in [0.3, 0.4) is 0 Å². The minimum absolute atomic E-state index is 0.0269. The van der Waals surface area contributed by atoms with Gasteiger partial charge < -0.3 is 10.4 Å². The standard InChI is InChI=1S/C19H23N3O4/c23-17-11-10-16(21-22(17)12-13-4-2-1-3-5-13)18(24)20-15-8-6-14(7-9-15)19(25)26/h1-5,14-15H,6-12H2,(H,20,24)(H,25,26). The molecule has 0 aromatic heterocycles. The summed E-state index contributed by atoms with van der Waals surface area (Å²) >= 11 is 0. The predicted octanol–water partition coefficient (Wildman–Crippen LogP) is 1.92. The molecule has 1 aliphatic carbocycles. The SMILES string of the molecule is O=C(NC1CCC(C(=O)O)CC1)C1=NN(Cc2ccccc2)C(=O)CC1. The molecule has 0 radical (unpaired) electrons. The van der Waals surface area contributed by atoms with Crippen LogP contribution in [-0.2, 0) is 20.9 Å². The van der Waals surface area contributed by atoms with Gasteiger partial charge in [0.05, 0.1) is 12.5 Å². The molecule has 1 aromatic rings. The molecule has 138 valence electrons. The van der Waals surface area contributed by atoms with Gasteiger partial charge in [-0.2, -0.15) is 5.10 Å². The zero-order valence-electron chi connectivity index (χ0n) is 14.6. The van der Waals surface area contributed by atoms with Crippen molar-refractivity contribution in [1.29, 1.82) is 0 Å². The number of hydrogen-bond donors (Lipinski definition) is 2. The van der Waals surface area contributed by atoms with E-state index < -0.39 is 5.97 Å². The molecule has 2 amide bonds. The molecule has 7 nitrogen and oxygen atoms in total. The fourth-order valence-corrected chi connectivity index (χ4v) is 3.40.